The molecule has 10 nitrogen and oxygen atoms in total. The summed E-state index contributed by atoms with van der Waals surface area (Å²) in [6.07, 6.45) is 7.25. The number of amides is 1. The molecule has 2 aromatic rings. The Hall–Kier alpha value is -2.64. The smallest absolute Gasteiger partial charge is 0.227 e. The van der Waals surface area contributed by atoms with Gasteiger partial charge < -0.3 is 35.2 Å². The van der Waals surface area contributed by atoms with E-state index < -0.39 is 17.0 Å². The lowest BCUT2D eigenvalue weighted by Crippen LogP contribution is -2.44. The lowest BCUT2D eigenvalue weighted by atomic mass is 9.91. The van der Waals surface area contributed by atoms with Crippen molar-refractivity contribution in [3.63, 3.8) is 0 Å². The van der Waals surface area contributed by atoms with E-state index >= 15 is 0 Å². The van der Waals surface area contributed by atoms with E-state index in [1.807, 2.05) is 0 Å². The van der Waals surface area contributed by atoms with Crippen LogP contribution in [0.2, 0.25) is 5.02 Å². The van der Waals surface area contributed by atoms with Gasteiger partial charge in [0.05, 0.1) is 55.7 Å². The van der Waals surface area contributed by atoms with Crippen molar-refractivity contribution in [3.8, 4) is 5.75 Å². The molecule has 1 atom stereocenters. The first-order valence-corrected chi connectivity index (χ1v) is 15.3. The lowest BCUT2D eigenvalue weighted by Gasteiger charge is -2.31. The first-order chi connectivity index (χ1) is 20.8. The third-order valence-electron chi connectivity index (χ3n) is 8.55. The Bertz CT molecular complexity index is 1150. The van der Waals surface area contributed by atoms with Gasteiger partial charge in [0.25, 0.3) is 0 Å². The number of piperidine rings is 1. The van der Waals surface area contributed by atoms with E-state index in [0.717, 1.165) is 57.3 Å². The Morgan fingerprint density at radius 2 is 1.65 bits per heavy atom. The van der Waals surface area contributed by atoms with Crippen LogP contribution in [0.4, 0.5) is 14.7 Å². The number of hydrogen-bond acceptors (Lipinski definition) is 9. The molecular weight excluding hydrogens is 584 g/mol. The summed E-state index contributed by atoms with van der Waals surface area (Å²) in [7, 11) is 0. The van der Waals surface area contributed by atoms with Crippen LogP contribution in [-0.2, 0) is 11.2 Å². The van der Waals surface area contributed by atoms with E-state index in [9.17, 15) is 28.9 Å². The molecule has 1 aromatic heterocycles. The number of benzene rings is 1. The van der Waals surface area contributed by atoms with Gasteiger partial charge in [0, 0.05) is 50.4 Å². The summed E-state index contributed by atoms with van der Waals surface area (Å²) in [5.74, 6) is -0.506. The summed E-state index contributed by atoms with van der Waals surface area (Å²) in [5.41, 5.74) is -1.28. The van der Waals surface area contributed by atoms with Gasteiger partial charge in [-0.25, -0.2) is 18.7 Å². The third-order valence-corrected chi connectivity index (χ3v) is 8.75. The Morgan fingerprint density at radius 1 is 1.02 bits per heavy atom. The maximum absolute atomic E-state index is 14.8. The molecule has 0 radical (unpaired) electrons. The Kier molecular flexibility index (Phi) is 12.3. The highest BCUT2D eigenvalue weighted by atomic mass is 35.5. The van der Waals surface area contributed by atoms with Crippen molar-refractivity contribution < 1.29 is 33.6 Å². The van der Waals surface area contributed by atoms with E-state index in [-0.39, 0.29) is 55.9 Å². The van der Waals surface area contributed by atoms with Gasteiger partial charge in [-0.2, -0.15) is 0 Å². The number of aliphatic hydroxyl groups excluding tert-OH is 3. The first-order valence-electron chi connectivity index (χ1n) is 14.9. The standard InChI is InChI=1S/C30H42ClF2N5O5/c31-23-14-35-29(36-15-23)37-6-3-21(4-7-37)2-1-9-43-24-10-26(32)25(27(33)11-24)12-28(42)38-8-5-22(16-38)13-34-17-30(18-39,19-40)20-41/h10-11,14-15,21-22,34,39-41H,1-9,12-13,16-20H2/t22-/m0/s1. The summed E-state index contributed by atoms with van der Waals surface area (Å²) >= 11 is 5.87. The summed E-state index contributed by atoms with van der Waals surface area (Å²) in [5, 5.41) is 32.0. The van der Waals surface area contributed by atoms with Gasteiger partial charge in [-0.15, -0.1) is 0 Å². The van der Waals surface area contributed by atoms with Crippen molar-refractivity contribution in [1.29, 1.82) is 0 Å². The molecule has 3 heterocycles. The largest absolute Gasteiger partial charge is 0.493 e. The number of ether oxygens (including phenoxy) is 1. The Labute approximate surface area is 256 Å². The Balaban J connectivity index is 1.16. The minimum atomic E-state index is -1.01. The van der Waals surface area contributed by atoms with Crippen LogP contribution in [0.15, 0.2) is 24.5 Å². The molecular formula is C30H42ClF2N5O5. The monoisotopic (exact) mass is 625 g/mol. The van der Waals surface area contributed by atoms with Crippen molar-refractivity contribution in [2.45, 2.75) is 38.5 Å². The van der Waals surface area contributed by atoms with Gasteiger partial charge in [-0.3, -0.25) is 4.79 Å². The predicted octanol–water partition coefficient (Wildman–Crippen LogP) is 2.43. The molecule has 13 heteroatoms. The minimum Gasteiger partial charge on any atom is -0.493 e. The normalized spacial score (nSPS) is 18.0. The number of aromatic nitrogens is 2. The number of carbonyl (C=O) groups excluding carboxylic acids is 1. The van der Waals surface area contributed by atoms with Crippen LogP contribution in [0.5, 0.6) is 5.75 Å². The quantitative estimate of drug-likeness (QED) is 0.220. The fourth-order valence-corrected chi connectivity index (χ4v) is 5.73. The number of likely N-dealkylation sites (tertiary alicyclic amines) is 1. The second kappa shape index (κ2) is 15.9. The fourth-order valence-electron chi connectivity index (χ4n) is 5.63. The van der Waals surface area contributed by atoms with Crippen molar-refractivity contribution in [1.82, 2.24) is 20.2 Å². The zero-order valence-corrected chi connectivity index (χ0v) is 25.1. The van der Waals surface area contributed by atoms with Gasteiger partial charge in [-0.1, -0.05) is 11.6 Å². The van der Waals surface area contributed by atoms with Crippen LogP contribution in [0.3, 0.4) is 0 Å². The lowest BCUT2D eigenvalue weighted by molar-refractivity contribution is -0.129. The molecule has 2 saturated heterocycles. The van der Waals surface area contributed by atoms with E-state index in [1.54, 1.807) is 17.3 Å². The molecule has 4 rings (SSSR count). The number of nitrogens with zero attached hydrogens (tertiary/aromatic N) is 4. The number of aliphatic hydroxyl groups is 3. The number of hydrogen-bond donors (Lipinski definition) is 4. The van der Waals surface area contributed by atoms with Crippen LogP contribution in [-0.4, -0.2) is 102 Å². The predicted molar refractivity (Wildman–Crippen MR) is 158 cm³/mol. The molecule has 2 fully saturated rings. The highest BCUT2D eigenvalue weighted by Gasteiger charge is 2.30. The van der Waals surface area contributed by atoms with Crippen molar-refractivity contribution in [2.75, 3.05) is 70.6 Å². The molecule has 0 saturated carbocycles. The van der Waals surface area contributed by atoms with Crippen LogP contribution in [0, 0.1) is 28.9 Å². The van der Waals surface area contributed by atoms with Crippen LogP contribution in [0.1, 0.15) is 37.7 Å². The third kappa shape index (κ3) is 9.18. The molecule has 1 amide bonds. The van der Waals surface area contributed by atoms with E-state index in [1.165, 1.54) is 0 Å². The highest BCUT2D eigenvalue weighted by Crippen LogP contribution is 2.26. The van der Waals surface area contributed by atoms with E-state index in [0.29, 0.717) is 43.1 Å². The molecule has 0 bridgehead atoms. The molecule has 0 aliphatic carbocycles. The topological polar surface area (TPSA) is 131 Å². The maximum atomic E-state index is 14.8. The zero-order valence-electron chi connectivity index (χ0n) is 24.4. The van der Waals surface area contributed by atoms with E-state index in [2.05, 4.69) is 20.2 Å². The summed E-state index contributed by atoms with van der Waals surface area (Å²) in [6, 6.07) is 2.28. The van der Waals surface area contributed by atoms with Gasteiger partial charge in [0.2, 0.25) is 11.9 Å². The average Bonchev–Trinajstić information content (AvgIpc) is 3.49. The summed E-state index contributed by atoms with van der Waals surface area (Å²) in [6.45, 7) is 2.67. The van der Waals surface area contributed by atoms with Gasteiger partial charge >= 0.3 is 0 Å². The second-order valence-corrected chi connectivity index (χ2v) is 12.2. The maximum Gasteiger partial charge on any atom is 0.227 e. The van der Waals surface area contributed by atoms with Gasteiger partial charge in [0.1, 0.15) is 17.4 Å². The zero-order chi connectivity index (χ0) is 30.8. The molecule has 2 aliphatic heterocycles. The second-order valence-electron chi connectivity index (χ2n) is 11.8. The van der Waals surface area contributed by atoms with Gasteiger partial charge in [-0.05, 0) is 50.5 Å². The number of rotatable bonds is 15. The number of halogens is 3. The SMILES string of the molecule is O=C(Cc1c(F)cc(OCCCC2CCN(c3ncc(Cl)cn3)CC2)cc1F)N1CC[C@@H](CNCC(CO)(CO)CO)C1. The molecule has 0 unspecified atom stereocenters. The Morgan fingerprint density at radius 3 is 2.28 bits per heavy atom. The number of anilines is 1. The minimum absolute atomic E-state index is 0.109. The summed E-state index contributed by atoms with van der Waals surface area (Å²) in [4.78, 5) is 25.1. The van der Waals surface area contributed by atoms with Crippen molar-refractivity contribution in [2.24, 2.45) is 17.3 Å². The van der Waals surface area contributed by atoms with Gasteiger partial charge in [0.15, 0.2) is 0 Å². The van der Waals surface area contributed by atoms with Crippen molar-refractivity contribution in [3.05, 3.63) is 46.7 Å². The number of carbonyl (C=O) groups is 1. The fraction of sp³-hybridized carbons (Fsp3) is 0.633. The molecule has 1 aromatic carbocycles. The molecule has 238 valence electrons. The van der Waals surface area contributed by atoms with Crippen molar-refractivity contribution >= 4 is 23.5 Å². The molecule has 43 heavy (non-hydrogen) atoms. The average molecular weight is 626 g/mol. The van der Waals surface area contributed by atoms with Crippen LogP contribution < -0.4 is 15.0 Å². The summed E-state index contributed by atoms with van der Waals surface area (Å²) < 4.78 is 35.3. The van der Waals surface area contributed by atoms with Crippen LogP contribution in [0.25, 0.3) is 0 Å². The highest BCUT2D eigenvalue weighted by molar-refractivity contribution is 6.30. The molecule has 4 N–H and O–H groups in total. The first kappa shape index (κ1) is 33.3. The van der Waals surface area contributed by atoms with Crippen LogP contribution >= 0.6 is 11.6 Å². The molecule has 2 aliphatic rings. The van der Waals surface area contributed by atoms with E-state index in [4.69, 9.17) is 16.3 Å². The number of nitrogens with one attached hydrogen (secondary N) is 1. The molecule has 0 spiro atoms.